The zero-order valence-electron chi connectivity index (χ0n) is 9.97. The number of hydrogen-bond acceptors (Lipinski definition) is 3. The summed E-state index contributed by atoms with van der Waals surface area (Å²) < 4.78 is 38.0. The summed E-state index contributed by atoms with van der Waals surface area (Å²) in [6, 6.07) is 3.52. The van der Waals surface area contributed by atoms with Gasteiger partial charge in [0.2, 0.25) is 0 Å². The van der Waals surface area contributed by atoms with Crippen molar-refractivity contribution in [1.29, 1.82) is 0 Å². The number of benzene rings is 1. The van der Waals surface area contributed by atoms with Crippen LogP contribution >= 0.6 is 0 Å². The van der Waals surface area contributed by atoms with Crippen LogP contribution in [0, 0.1) is 6.92 Å². The van der Waals surface area contributed by atoms with E-state index in [1.807, 2.05) is 0 Å². The number of alkyl halides is 3. The number of aryl methyl sites for hydroxylation is 1. The summed E-state index contributed by atoms with van der Waals surface area (Å²) in [6.07, 6.45) is -4.35. The van der Waals surface area contributed by atoms with Crippen LogP contribution in [0.1, 0.15) is 17.1 Å². The highest BCUT2D eigenvalue weighted by molar-refractivity contribution is 5.81. The van der Waals surface area contributed by atoms with Crippen LogP contribution in [0.2, 0.25) is 0 Å². The van der Waals surface area contributed by atoms with Gasteiger partial charge in [-0.3, -0.25) is 0 Å². The molecule has 0 aliphatic rings. The fourth-order valence-corrected chi connectivity index (χ4v) is 1.80. The van der Waals surface area contributed by atoms with Gasteiger partial charge in [0.1, 0.15) is 5.82 Å². The lowest BCUT2D eigenvalue weighted by molar-refractivity contribution is -0.137. The van der Waals surface area contributed by atoms with E-state index in [0.29, 0.717) is 29.0 Å². The minimum Gasteiger partial charge on any atom is -0.314 e. The van der Waals surface area contributed by atoms with Crippen LogP contribution in [0.25, 0.3) is 10.9 Å². The maximum absolute atomic E-state index is 12.7. The Bertz CT molecular complexity index is 579. The van der Waals surface area contributed by atoms with Crippen LogP contribution in [0.5, 0.6) is 0 Å². The summed E-state index contributed by atoms with van der Waals surface area (Å²) in [5.41, 5.74) is 0.423. The Kier molecular flexibility index (Phi) is 3.21. The van der Waals surface area contributed by atoms with E-state index >= 15 is 0 Å². The highest BCUT2D eigenvalue weighted by Gasteiger charge is 2.30. The lowest BCUT2D eigenvalue weighted by Crippen LogP contribution is -2.10. The van der Waals surface area contributed by atoms with Gasteiger partial charge in [0, 0.05) is 11.9 Å². The fourth-order valence-electron chi connectivity index (χ4n) is 1.80. The summed E-state index contributed by atoms with van der Waals surface area (Å²) in [6.45, 7) is 2.12. The molecule has 3 nitrogen and oxygen atoms in total. The summed E-state index contributed by atoms with van der Waals surface area (Å²) >= 11 is 0. The zero-order valence-corrected chi connectivity index (χ0v) is 9.97. The molecule has 0 bridgehead atoms. The molecule has 0 saturated carbocycles. The number of halogens is 3. The topological polar surface area (TPSA) is 37.8 Å². The molecule has 1 N–H and O–H groups in total. The van der Waals surface area contributed by atoms with E-state index in [4.69, 9.17) is 0 Å². The Hall–Kier alpha value is -1.69. The average Bonchev–Trinajstić information content (AvgIpc) is 2.27. The molecule has 18 heavy (non-hydrogen) atoms. The zero-order chi connectivity index (χ0) is 13.3. The van der Waals surface area contributed by atoms with Crippen LogP contribution in [-0.2, 0) is 12.7 Å². The molecule has 0 spiro atoms. The fraction of sp³-hybridized carbons (Fsp3) is 0.333. The van der Waals surface area contributed by atoms with Crippen molar-refractivity contribution in [3.63, 3.8) is 0 Å². The molecule has 0 aliphatic heterocycles. The van der Waals surface area contributed by atoms with Gasteiger partial charge in [-0.15, -0.1) is 0 Å². The van der Waals surface area contributed by atoms with E-state index in [1.54, 1.807) is 14.0 Å². The van der Waals surface area contributed by atoms with Gasteiger partial charge >= 0.3 is 6.18 Å². The van der Waals surface area contributed by atoms with Crippen molar-refractivity contribution in [2.75, 3.05) is 7.05 Å². The molecule has 0 fully saturated rings. The Morgan fingerprint density at radius 1 is 1.22 bits per heavy atom. The summed E-state index contributed by atoms with van der Waals surface area (Å²) in [7, 11) is 1.72. The molecule has 1 aromatic heterocycles. The van der Waals surface area contributed by atoms with Gasteiger partial charge in [0.05, 0.1) is 16.8 Å². The van der Waals surface area contributed by atoms with Crippen molar-refractivity contribution in [3.8, 4) is 0 Å². The Morgan fingerprint density at radius 2 is 1.94 bits per heavy atom. The maximum Gasteiger partial charge on any atom is 0.416 e. The molecule has 6 heteroatoms. The Balaban J connectivity index is 2.66. The smallest absolute Gasteiger partial charge is 0.314 e. The van der Waals surface area contributed by atoms with Crippen LogP contribution in [0.4, 0.5) is 13.2 Å². The van der Waals surface area contributed by atoms with E-state index in [-0.39, 0.29) is 0 Å². The number of rotatable bonds is 2. The predicted octanol–water partition coefficient (Wildman–Crippen LogP) is 2.68. The van der Waals surface area contributed by atoms with E-state index in [1.165, 1.54) is 6.07 Å². The molecule has 0 atom stereocenters. The SMILES string of the molecule is CNCc1nc(C)nc2ccc(C(F)(F)F)cc12. The largest absolute Gasteiger partial charge is 0.416 e. The first-order valence-corrected chi connectivity index (χ1v) is 5.41. The lowest BCUT2D eigenvalue weighted by atomic mass is 10.1. The molecular formula is C12H12F3N3. The summed E-state index contributed by atoms with van der Waals surface area (Å²) in [5.74, 6) is 0.549. The van der Waals surface area contributed by atoms with Crippen molar-refractivity contribution in [3.05, 3.63) is 35.3 Å². The number of aromatic nitrogens is 2. The van der Waals surface area contributed by atoms with Crippen molar-refractivity contribution >= 4 is 10.9 Å². The van der Waals surface area contributed by atoms with E-state index < -0.39 is 11.7 Å². The number of hydrogen-bond donors (Lipinski definition) is 1. The standard InChI is InChI=1S/C12H12F3N3/c1-7-17-10-4-3-8(12(13,14)15)5-9(10)11(18-7)6-16-2/h3-5,16H,6H2,1-2H3. The quantitative estimate of drug-likeness (QED) is 0.896. The van der Waals surface area contributed by atoms with Crippen LogP contribution in [0.3, 0.4) is 0 Å². The van der Waals surface area contributed by atoms with Crippen LogP contribution < -0.4 is 5.32 Å². The molecule has 96 valence electrons. The van der Waals surface area contributed by atoms with E-state index in [9.17, 15) is 13.2 Å². The Morgan fingerprint density at radius 3 is 2.56 bits per heavy atom. The maximum atomic E-state index is 12.7. The second kappa shape index (κ2) is 4.53. The van der Waals surface area contributed by atoms with Crippen LogP contribution in [-0.4, -0.2) is 17.0 Å². The molecule has 0 aliphatic carbocycles. The first-order valence-electron chi connectivity index (χ1n) is 5.41. The van der Waals surface area contributed by atoms with Crippen molar-refractivity contribution in [1.82, 2.24) is 15.3 Å². The minimum atomic E-state index is -4.35. The average molecular weight is 255 g/mol. The molecule has 2 aromatic rings. The molecule has 0 saturated heterocycles. The second-order valence-corrected chi connectivity index (χ2v) is 3.98. The number of nitrogens with zero attached hydrogens (tertiary/aromatic N) is 2. The first kappa shape index (κ1) is 12.8. The first-order chi connectivity index (χ1) is 8.41. The normalized spacial score (nSPS) is 12.1. The van der Waals surface area contributed by atoms with Crippen molar-refractivity contribution in [2.45, 2.75) is 19.6 Å². The van der Waals surface area contributed by atoms with E-state index in [0.717, 1.165) is 12.1 Å². The van der Waals surface area contributed by atoms with Gasteiger partial charge in [-0.2, -0.15) is 13.2 Å². The summed E-state index contributed by atoms with van der Waals surface area (Å²) in [5, 5.41) is 3.33. The van der Waals surface area contributed by atoms with Crippen LogP contribution in [0.15, 0.2) is 18.2 Å². The van der Waals surface area contributed by atoms with Gasteiger partial charge < -0.3 is 5.32 Å². The molecule has 1 aromatic carbocycles. The minimum absolute atomic E-state index is 0.404. The molecule has 0 unspecified atom stereocenters. The molecule has 2 rings (SSSR count). The number of fused-ring (bicyclic) bond motifs is 1. The Labute approximate surface area is 102 Å². The van der Waals surface area contributed by atoms with Gasteiger partial charge in [0.25, 0.3) is 0 Å². The van der Waals surface area contributed by atoms with E-state index in [2.05, 4.69) is 15.3 Å². The number of nitrogens with one attached hydrogen (secondary N) is 1. The molecule has 1 heterocycles. The van der Waals surface area contributed by atoms with Crippen molar-refractivity contribution < 1.29 is 13.2 Å². The monoisotopic (exact) mass is 255 g/mol. The molecule has 0 radical (unpaired) electrons. The predicted molar refractivity (Wildman–Crippen MR) is 62.0 cm³/mol. The molecular weight excluding hydrogens is 243 g/mol. The van der Waals surface area contributed by atoms with Gasteiger partial charge in [0.15, 0.2) is 0 Å². The second-order valence-electron chi connectivity index (χ2n) is 3.98. The van der Waals surface area contributed by atoms with Gasteiger partial charge in [-0.05, 0) is 32.2 Å². The molecule has 0 amide bonds. The highest BCUT2D eigenvalue weighted by Crippen LogP contribution is 2.31. The third-order valence-electron chi connectivity index (χ3n) is 2.56. The third kappa shape index (κ3) is 2.43. The summed E-state index contributed by atoms with van der Waals surface area (Å²) in [4.78, 5) is 8.31. The lowest BCUT2D eigenvalue weighted by Gasteiger charge is -2.10. The third-order valence-corrected chi connectivity index (χ3v) is 2.56. The van der Waals surface area contributed by atoms with Gasteiger partial charge in [-0.1, -0.05) is 0 Å². The van der Waals surface area contributed by atoms with Gasteiger partial charge in [-0.25, -0.2) is 9.97 Å². The highest BCUT2D eigenvalue weighted by atomic mass is 19.4. The van der Waals surface area contributed by atoms with Crippen molar-refractivity contribution in [2.24, 2.45) is 0 Å².